The molecule has 0 amide bonds. The molecule has 0 aromatic heterocycles. The van der Waals surface area contributed by atoms with Gasteiger partial charge in [-0.1, -0.05) is 30.3 Å². The van der Waals surface area contributed by atoms with E-state index in [2.05, 4.69) is 11.9 Å². The number of nitrogens with one attached hydrogen (secondary N) is 1. The lowest BCUT2D eigenvalue weighted by Crippen LogP contribution is -2.42. The Labute approximate surface area is 203 Å². The number of hydrogen-bond donors (Lipinski definition) is 2. The molecule has 8 heteroatoms. The first kappa shape index (κ1) is 23.7. The van der Waals surface area contributed by atoms with Gasteiger partial charge in [-0.2, -0.15) is 0 Å². The van der Waals surface area contributed by atoms with Gasteiger partial charge in [0.15, 0.2) is 17.3 Å². The molecule has 0 radical (unpaired) electrons. The molecule has 0 spiro atoms. The minimum atomic E-state index is -0.851. The van der Waals surface area contributed by atoms with Gasteiger partial charge in [-0.3, -0.25) is 9.59 Å². The molecule has 2 aliphatic rings. The number of benzene rings is 2. The highest BCUT2D eigenvalue weighted by atomic mass is 35.5. The van der Waals surface area contributed by atoms with E-state index in [1.165, 1.54) is 14.2 Å². The number of phenols is 1. The predicted molar refractivity (Wildman–Crippen MR) is 127 cm³/mol. The van der Waals surface area contributed by atoms with Crippen LogP contribution in [0.4, 0.5) is 0 Å². The summed E-state index contributed by atoms with van der Waals surface area (Å²) in [7, 11) is 4.31. The second-order valence-corrected chi connectivity index (χ2v) is 8.78. The van der Waals surface area contributed by atoms with E-state index < -0.39 is 17.8 Å². The van der Waals surface area contributed by atoms with Gasteiger partial charge in [-0.25, -0.2) is 0 Å². The molecule has 4 rings (SSSR count). The van der Waals surface area contributed by atoms with E-state index in [1.54, 1.807) is 19.2 Å². The lowest BCUT2D eigenvalue weighted by atomic mass is 9.69. The third-order valence-electron chi connectivity index (χ3n) is 6.51. The van der Waals surface area contributed by atoms with Gasteiger partial charge in [0.2, 0.25) is 0 Å². The Morgan fingerprint density at radius 3 is 2.41 bits per heavy atom. The third-order valence-corrected chi connectivity index (χ3v) is 6.80. The van der Waals surface area contributed by atoms with Crippen LogP contribution in [0.2, 0.25) is 5.02 Å². The molecule has 7 nitrogen and oxygen atoms in total. The normalized spacial score (nSPS) is 22.1. The number of rotatable bonds is 5. The van der Waals surface area contributed by atoms with E-state index in [0.29, 0.717) is 23.3 Å². The van der Waals surface area contributed by atoms with Gasteiger partial charge in [0.1, 0.15) is 11.7 Å². The van der Waals surface area contributed by atoms with Crippen LogP contribution in [-0.4, -0.2) is 38.2 Å². The van der Waals surface area contributed by atoms with Crippen molar-refractivity contribution in [3.05, 3.63) is 76.1 Å². The summed E-state index contributed by atoms with van der Waals surface area (Å²) in [5.41, 5.74) is 3.23. The molecule has 1 heterocycles. The van der Waals surface area contributed by atoms with Crippen LogP contribution in [0, 0.1) is 5.92 Å². The largest absolute Gasteiger partial charge is 0.503 e. The highest BCUT2D eigenvalue weighted by molar-refractivity contribution is 6.32. The fourth-order valence-electron chi connectivity index (χ4n) is 4.85. The summed E-state index contributed by atoms with van der Waals surface area (Å²) in [6.45, 7) is 4.07. The smallest absolute Gasteiger partial charge is 0.315 e. The van der Waals surface area contributed by atoms with Crippen molar-refractivity contribution in [3.8, 4) is 17.2 Å². The Balaban J connectivity index is 1.82. The van der Waals surface area contributed by atoms with E-state index in [-0.39, 0.29) is 34.6 Å². The molecule has 2 aromatic rings. The number of halogens is 1. The first-order valence-corrected chi connectivity index (χ1v) is 11.2. The van der Waals surface area contributed by atoms with Gasteiger partial charge in [-0.05, 0) is 47.7 Å². The molecule has 3 atom stereocenters. The quantitative estimate of drug-likeness (QED) is 0.606. The number of hydrogen-bond acceptors (Lipinski definition) is 7. The average Bonchev–Trinajstić information content (AvgIpc) is 2.84. The molecular formula is C26H26ClNO6. The zero-order chi connectivity index (χ0) is 24.6. The minimum absolute atomic E-state index is 0.0364. The number of ether oxygens (including phenoxy) is 3. The molecule has 0 fully saturated rings. The molecule has 0 bridgehead atoms. The fourth-order valence-corrected chi connectivity index (χ4v) is 5.07. The average molecular weight is 484 g/mol. The first-order chi connectivity index (χ1) is 16.3. The van der Waals surface area contributed by atoms with Gasteiger partial charge in [0.25, 0.3) is 0 Å². The zero-order valence-electron chi connectivity index (χ0n) is 19.2. The van der Waals surface area contributed by atoms with E-state index >= 15 is 0 Å². The molecule has 34 heavy (non-hydrogen) atoms. The monoisotopic (exact) mass is 483 g/mol. The van der Waals surface area contributed by atoms with Crippen molar-refractivity contribution >= 4 is 23.4 Å². The number of esters is 1. The van der Waals surface area contributed by atoms with E-state index in [1.807, 2.05) is 24.3 Å². The minimum Gasteiger partial charge on any atom is -0.503 e. The van der Waals surface area contributed by atoms with Crippen molar-refractivity contribution in [3.63, 3.8) is 0 Å². The Hall–Kier alpha value is -3.45. The molecule has 0 saturated carbocycles. The molecule has 2 N–H and O–H groups in total. The van der Waals surface area contributed by atoms with Crippen LogP contribution in [0.25, 0.3) is 0 Å². The summed E-state index contributed by atoms with van der Waals surface area (Å²) in [5.74, 6) is -1.50. The Morgan fingerprint density at radius 2 is 1.79 bits per heavy atom. The van der Waals surface area contributed by atoms with Crippen molar-refractivity contribution in [2.24, 2.45) is 5.92 Å². The number of methoxy groups -OCH3 is 3. The van der Waals surface area contributed by atoms with Gasteiger partial charge < -0.3 is 24.6 Å². The van der Waals surface area contributed by atoms with Gasteiger partial charge >= 0.3 is 5.97 Å². The zero-order valence-corrected chi connectivity index (χ0v) is 19.9. The van der Waals surface area contributed by atoms with Crippen LogP contribution in [-0.2, 0) is 14.3 Å². The maximum atomic E-state index is 13.6. The van der Waals surface area contributed by atoms with Gasteiger partial charge in [-0.15, -0.1) is 0 Å². The number of ketones is 1. The van der Waals surface area contributed by atoms with Crippen molar-refractivity contribution < 1.29 is 28.9 Å². The van der Waals surface area contributed by atoms with Crippen LogP contribution < -0.4 is 14.8 Å². The van der Waals surface area contributed by atoms with E-state index in [4.69, 9.17) is 25.8 Å². The Bertz CT molecular complexity index is 1190. The second kappa shape index (κ2) is 9.43. The first-order valence-electron chi connectivity index (χ1n) is 10.8. The Kier molecular flexibility index (Phi) is 6.57. The van der Waals surface area contributed by atoms with Crippen molar-refractivity contribution in [2.75, 3.05) is 21.3 Å². The molecule has 3 unspecified atom stereocenters. The van der Waals surface area contributed by atoms with Crippen molar-refractivity contribution in [2.45, 2.75) is 24.7 Å². The molecule has 178 valence electrons. The molecule has 2 aromatic carbocycles. The summed E-state index contributed by atoms with van der Waals surface area (Å²) in [4.78, 5) is 26.4. The van der Waals surface area contributed by atoms with Crippen molar-refractivity contribution in [1.29, 1.82) is 0 Å². The number of aromatic hydroxyl groups is 1. The molecule has 0 saturated heterocycles. The number of carbonyl (C=O) groups excluding carboxylic acids is 2. The lowest BCUT2D eigenvalue weighted by Gasteiger charge is -2.40. The van der Waals surface area contributed by atoms with Crippen LogP contribution in [0.1, 0.15) is 35.8 Å². The van der Waals surface area contributed by atoms with E-state index in [0.717, 1.165) is 17.0 Å². The number of carbonyl (C=O) groups is 2. The lowest BCUT2D eigenvalue weighted by molar-refractivity contribution is -0.144. The van der Waals surface area contributed by atoms with Crippen LogP contribution >= 0.6 is 11.6 Å². The third kappa shape index (κ3) is 4.12. The molecular weight excluding hydrogens is 458 g/mol. The second-order valence-electron chi connectivity index (χ2n) is 8.38. The summed E-state index contributed by atoms with van der Waals surface area (Å²) >= 11 is 6.26. The SMILES string of the molecule is C=C1NC2=C(C(=O)CC(c3ccc(OC)cc3)C2)C(c2cc(Cl)c(O)c(OC)c2)C1C(=O)OC. The number of phenolic OH excluding ortho intramolecular Hbond substituents is 1. The summed E-state index contributed by atoms with van der Waals surface area (Å²) < 4.78 is 15.6. The highest BCUT2D eigenvalue weighted by Gasteiger charge is 2.45. The number of Topliss-reactive ketones (excluding diaryl/α,β-unsaturated/α-hetero) is 1. The maximum absolute atomic E-state index is 13.6. The maximum Gasteiger partial charge on any atom is 0.315 e. The van der Waals surface area contributed by atoms with Crippen LogP contribution in [0.15, 0.2) is 59.9 Å². The van der Waals surface area contributed by atoms with Gasteiger partial charge in [0.05, 0.1) is 26.4 Å². The Morgan fingerprint density at radius 1 is 1.09 bits per heavy atom. The standard InChI is InChI=1S/C26H26ClNO6/c1-13-22(26(31)34-4)23(16-9-18(27)25(30)21(12-16)33-3)24-19(28-13)10-15(11-20(24)29)14-5-7-17(32-2)8-6-14/h5-9,12,15,22-23,28,30H,1,10-11H2,2-4H3. The summed E-state index contributed by atoms with van der Waals surface area (Å²) in [6, 6.07) is 10.8. The summed E-state index contributed by atoms with van der Waals surface area (Å²) in [6.07, 6.45) is 0.854. The van der Waals surface area contributed by atoms with Crippen molar-refractivity contribution in [1.82, 2.24) is 5.32 Å². The highest BCUT2D eigenvalue weighted by Crippen LogP contribution is 2.49. The fraction of sp³-hybridized carbons (Fsp3) is 0.308. The van der Waals surface area contributed by atoms with E-state index in [9.17, 15) is 14.7 Å². The van der Waals surface area contributed by atoms with Crippen LogP contribution in [0.3, 0.4) is 0 Å². The van der Waals surface area contributed by atoms with Gasteiger partial charge in [0, 0.05) is 29.3 Å². The number of allylic oxidation sites excluding steroid dienone is 2. The summed E-state index contributed by atoms with van der Waals surface area (Å²) in [5, 5.41) is 13.5. The molecule has 1 aliphatic heterocycles. The topological polar surface area (TPSA) is 94.1 Å². The molecule has 1 aliphatic carbocycles. The van der Waals surface area contributed by atoms with Crippen LogP contribution in [0.5, 0.6) is 17.2 Å². The predicted octanol–water partition coefficient (Wildman–Crippen LogP) is 4.45.